The van der Waals surface area contributed by atoms with Crippen LogP contribution in [-0.4, -0.2) is 61.6 Å². The van der Waals surface area contributed by atoms with Crippen LogP contribution in [0.1, 0.15) is 10.4 Å². The minimum absolute atomic E-state index is 0.245. The molecule has 0 atom stereocenters. The molecule has 1 aromatic carbocycles. The molecule has 3 heterocycles. The molecule has 2 N–H and O–H groups in total. The second kappa shape index (κ2) is 9.15. The zero-order valence-electron chi connectivity index (χ0n) is 17.2. The predicted molar refractivity (Wildman–Crippen MR) is 122 cm³/mol. The van der Waals surface area contributed by atoms with Gasteiger partial charge in [0.1, 0.15) is 0 Å². The fraction of sp³-hybridized carbons (Fsp3) is 0.250. The van der Waals surface area contributed by atoms with Gasteiger partial charge in [0.2, 0.25) is 10.0 Å². The molecular formula is C20H21ClN6O4S. The average molecular weight is 477 g/mol. The SMILES string of the molecule is CS(=O)(=O)Nc1cc(Cl)cc(NC(=O)c2cnn(-c3cc(N4CCOCC4)ccn3)c2)c1. The number of morpholine rings is 1. The topological polar surface area (TPSA) is 118 Å². The minimum atomic E-state index is -3.48. The molecule has 2 aromatic heterocycles. The number of carbonyl (C=O) groups is 1. The molecule has 0 aliphatic carbocycles. The van der Waals surface area contributed by atoms with Crippen molar-refractivity contribution in [2.45, 2.75) is 0 Å². The summed E-state index contributed by atoms with van der Waals surface area (Å²) in [5, 5.41) is 7.22. The number of anilines is 3. The molecular weight excluding hydrogens is 456 g/mol. The highest BCUT2D eigenvalue weighted by Gasteiger charge is 2.15. The number of ether oxygens (including phenoxy) is 1. The molecule has 0 saturated carbocycles. The summed E-state index contributed by atoms with van der Waals surface area (Å²) in [6, 6.07) is 8.27. The lowest BCUT2D eigenvalue weighted by Crippen LogP contribution is -2.36. The highest BCUT2D eigenvalue weighted by Crippen LogP contribution is 2.24. The van der Waals surface area contributed by atoms with E-state index in [2.05, 4.69) is 25.0 Å². The molecule has 1 fully saturated rings. The number of pyridine rings is 1. The number of sulfonamides is 1. The number of hydrogen-bond acceptors (Lipinski definition) is 7. The third-order valence-corrected chi connectivity index (χ3v) is 5.47. The number of nitrogens with one attached hydrogen (secondary N) is 2. The van der Waals surface area contributed by atoms with Gasteiger partial charge in [0.15, 0.2) is 5.82 Å². The summed E-state index contributed by atoms with van der Waals surface area (Å²) in [5.41, 5.74) is 1.90. The van der Waals surface area contributed by atoms with Crippen molar-refractivity contribution in [2.75, 3.05) is 47.5 Å². The smallest absolute Gasteiger partial charge is 0.258 e. The van der Waals surface area contributed by atoms with Crippen LogP contribution in [-0.2, 0) is 14.8 Å². The van der Waals surface area contributed by atoms with Crippen LogP contribution < -0.4 is 14.9 Å². The monoisotopic (exact) mass is 476 g/mol. The van der Waals surface area contributed by atoms with E-state index in [0.717, 1.165) is 25.0 Å². The van der Waals surface area contributed by atoms with E-state index >= 15 is 0 Å². The molecule has 12 heteroatoms. The second-order valence-corrected chi connectivity index (χ2v) is 9.39. The average Bonchev–Trinajstić information content (AvgIpc) is 3.23. The van der Waals surface area contributed by atoms with Crippen molar-refractivity contribution in [1.82, 2.24) is 14.8 Å². The third-order valence-electron chi connectivity index (χ3n) is 4.64. The molecule has 0 bridgehead atoms. The Kier molecular flexibility index (Phi) is 6.31. The number of carbonyl (C=O) groups excluding carboxylic acids is 1. The number of aromatic nitrogens is 3. The highest BCUT2D eigenvalue weighted by atomic mass is 35.5. The highest BCUT2D eigenvalue weighted by molar-refractivity contribution is 7.92. The number of benzene rings is 1. The normalized spacial score (nSPS) is 14.2. The summed E-state index contributed by atoms with van der Waals surface area (Å²) in [5.74, 6) is 0.156. The van der Waals surface area contributed by atoms with Crippen molar-refractivity contribution in [2.24, 2.45) is 0 Å². The number of hydrogen-bond donors (Lipinski definition) is 2. The summed E-state index contributed by atoms with van der Waals surface area (Å²) < 4.78 is 32.2. The summed E-state index contributed by atoms with van der Waals surface area (Å²) in [7, 11) is -3.48. The maximum atomic E-state index is 12.7. The van der Waals surface area contributed by atoms with Crippen LogP contribution in [0.15, 0.2) is 48.9 Å². The first-order valence-corrected chi connectivity index (χ1v) is 12.0. The van der Waals surface area contributed by atoms with Gasteiger partial charge in [-0.3, -0.25) is 9.52 Å². The van der Waals surface area contributed by atoms with Crippen LogP contribution in [0.25, 0.3) is 5.82 Å². The van der Waals surface area contributed by atoms with Crippen LogP contribution >= 0.6 is 11.6 Å². The second-order valence-electron chi connectivity index (χ2n) is 7.20. The van der Waals surface area contributed by atoms with Crippen molar-refractivity contribution in [3.8, 4) is 5.82 Å². The van der Waals surface area contributed by atoms with E-state index < -0.39 is 15.9 Å². The molecule has 4 rings (SSSR count). The fourth-order valence-corrected chi connectivity index (χ4v) is 4.04. The molecule has 1 amide bonds. The predicted octanol–water partition coefficient (Wildman–Crippen LogP) is 2.38. The van der Waals surface area contributed by atoms with E-state index in [1.807, 2.05) is 12.1 Å². The largest absolute Gasteiger partial charge is 0.378 e. The Morgan fingerprint density at radius 2 is 1.91 bits per heavy atom. The first-order chi connectivity index (χ1) is 15.3. The summed E-state index contributed by atoms with van der Waals surface area (Å²) in [6.45, 7) is 2.95. The van der Waals surface area contributed by atoms with Gasteiger partial charge in [0.25, 0.3) is 5.91 Å². The number of rotatable bonds is 6. The van der Waals surface area contributed by atoms with Crippen LogP contribution in [0, 0.1) is 0 Å². The molecule has 1 saturated heterocycles. The zero-order chi connectivity index (χ0) is 22.7. The summed E-state index contributed by atoms with van der Waals surface area (Å²) in [4.78, 5) is 19.2. The summed E-state index contributed by atoms with van der Waals surface area (Å²) in [6.07, 6.45) is 5.73. The van der Waals surface area contributed by atoms with E-state index in [-0.39, 0.29) is 10.7 Å². The van der Waals surface area contributed by atoms with Crippen LogP contribution in [0.4, 0.5) is 17.1 Å². The van der Waals surface area contributed by atoms with Crippen molar-refractivity contribution in [1.29, 1.82) is 0 Å². The Labute approximate surface area is 190 Å². The Morgan fingerprint density at radius 1 is 1.16 bits per heavy atom. The Morgan fingerprint density at radius 3 is 2.66 bits per heavy atom. The van der Waals surface area contributed by atoms with Gasteiger partial charge in [-0.2, -0.15) is 5.10 Å². The van der Waals surface area contributed by atoms with E-state index in [4.69, 9.17) is 16.3 Å². The van der Waals surface area contributed by atoms with Crippen molar-refractivity contribution in [3.05, 3.63) is 59.5 Å². The van der Waals surface area contributed by atoms with Gasteiger partial charge in [-0.05, 0) is 24.3 Å². The first kappa shape index (κ1) is 22.1. The van der Waals surface area contributed by atoms with E-state index in [9.17, 15) is 13.2 Å². The Balaban J connectivity index is 1.50. The van der Waals surface area contributed by atoms with Crippen LogP contribution in [0.5, 0.6) is 0 Å². The lowest BCUT2D eigenvalue weighted by molar-refractivity contribution is 0.102. The molecule has 168 valence electrons. The lowest BCUT2D eigenvalue weighted by Gasteiger charge is -2.28. The molecule has 3 aromatic rings. The van der Waals surface area contributed by atoms with Gasteiger partial charge in [0.05, 0.1) is 36.9 Å². The molecule has 1 aliphatic rings. The molecule has 32 heavy (non-hydrogen) atoms. The molecule has 0 spiro atoms. The van der Waals surface area contributed by atoms with Gasteiger partial charge in [-0.1, -0.05) is 11.6 Å². The van der Waals surface area contributed by atoms with Gasteiger partial charge in [0, 0.05) is 47.9 Å². The minimum Gasteiger partial charge on any atom is -0.378 e. The lowest BCUT2D eigenvalue weighted by atomic mass is 10.2. The van der Waals surface area contributed by atoms with Crippen LogP contribution in [0.3, 0.4) is 0 Å². The maximum Gasteiger partial charge on any atom is 0.258 e. The van der Waals surface area contributed by atoms with E-state index in [1.54, 1.807) is 12.4 Å². The number of halogens is 1. The van der Waals surface area contributed by atoms with Gasteiger partial charge in [-0.15, -0.1) is 0 Å². The number of amides is 1. The zero-order valence-corrected chi connectivity index (χ0v) is 18.7. The van der Waals surface area contributed by atoms with Crippen LogP contribution in [0.2, 0.25) is 5.02 Å². The van der Waals surface area contributed by atoms with Gasteiger partial charge in [-0.25, -0.2) is 18.1 Å². The van der Waals surface area contributed by atoms with Crippen molar-refractivity contribution >= 4 is 44.6 Å². The summed E-state index contributed by atoms with van der Waals surface area (Å²) >= 11 is 6.05. The van der Waals surface area contributed by atoms with E-state index in [0.29, 0.717) is 30.3 Å². The van der Waals surface area contributed by atoms with Gasteiger partial charge < -0.3 is 15.0 Å². The Hall–Kier alpha value is -3.15. The first-order valence-electron chi connectivity index (χ1n) is 9.70. The van der Waals surface area contributed by atoms with Gasteiger partial charge >= 0.3 is 0 Å². The molecule has 0 unspecified atom stereocenters. The quantitative estimate of drug-likeness (QED) is 0.560. The standard InChI is InChI=1S/C20H21ClN6O4S/c1-32(29,30)25-17-9-15(21)8-16(10-17)24-20(28)14-12-23-27(13-14)19-11-18(2-3-22-19)26-4-6-31-7-5-26/h2-3,8-13,25H,4-7H2,1H3,(H,24,28). The Bertz CT molecular complexity index is 1240. The fourth-order valence-electron chi connectivity index (χ4n) is 3.25. The third kappa shape index (κ3) is 5.55. The van der Waals surface area contributed by atoms with E-state index in [1.165, 1.54) is 29.1 Å². The molecule has 1 aliphatic heterocycles. The van der Waals surface area contributed by atoms with Crippen molar-refractivity contribution < 1.29 is 17.9 Å². The van der Waals surface area contributed by atoms with Crippen molar-refractivity contribution in [3.63, 3.8) is 0 Å². The maximum absolute atomic E-state index is 12.7. The molecule has 10 nitrogen and oxygen atoms in total. The molecule has 0 radical (unpaired) electrons. The number of nitrogens with zero attached hydrogens (tertiary/aromatic N) is 4.